The van der Waals surface area contributed by atoms with Crippen molar-refractivity contribution in [3.05, 3.63) is 64.1 Å². The Labute approximate surface area is 144 Å². The van der Waals surface area contributed by atoms with Crippen LogP contribution in [0.4, 0.5) is 0 Å². The van der Waals surface area contributed by atoms with E-state index >= 15 is 0 Å². The molecule has 0 aliphatic heterocycles. The Morgan fingerprint density at radius 1 is 1.13 bits per heavy atom. The summed E-state index contributed by atoms with van der Waals surface area (Å²) in [6.45, 7) is 0.406. The topological polar surface area (TPSA) is 47.6 Å². The SMILES string of the molecule is COc1ccc(Br)cc1/C=C/C(=O)NCc1ccccc1OC. The Morgan fingerprint density at radius 2 is 1.87 bits per heavy atom. The molecule has 0 aliphatic rings. The molecule has 0 atom stereocenters. The summed E-state index contributed by atoms with van der Waals surface area (Å²) >= 11 is 3.41. The van der Waals surface area contributed by atoms with E-state index in [0.717, 1.165) is 21.3 Å². The van der Waals surface area contributed by atoms with Crippen molar-refractivity contribution in [1.82, 2.24) is 5.32 Å². The Bertz CT molecular complexity index is 713. The number of ether oxygens (including phenoxy) is 2. The van der Waals surface area contributed by atoms with E-state index < -0.39 is 0 Å². The van der Waals surface area contributed by atoms with Crippen molar-refractivity contribution < 1.29 is 14.3 Å². The van der Waals surface area contributed by atoms with Gasteiger partial charge in [-0.25, -0.2) is 0 Å². The van der Waals surface area contributed by atoms with Crippen LogP contribution in [0.15, 0.2) is 53.0 Å². The molecule has 0 aliphatic carbocycles. The molecule has 0 fully saturated rings. The molecular weight excluding hydrogens is 358 g/mol. The summed E-state index contributed by atoms with van der Waals surface area (Å²) in [6, 6.07) is 13.2. The van der Waals surface area contributed by atoms with Crippen LogP contribution in [0.2, 0.25) is 0 Å². The molecule has 4 nitrogen and oxygen atoms in total. The maximum absolute atomic E-state index is 12.0. The van der Waals surface area contributed by atoms with E-state index in [1.54, 1.807) is 20.3 Å². The number of methoxy groups -OCH3 is 2. The standard InChI is InChI=1S/C18H18BrNO3/c1-22-16-6-4-3-5-14(16)12-20-18(21)10-7-13-11-15(19)8-9-17(13)23-2/h3-11H,12H2,1-2H3,(H,20,21)/b10-7+. The number of hydrogen-bond acceptors (Lipinski definition) is 3. The average molecular weight is 376 g/mol. The second-order valence-corrected chi connectivity index (χ2v) is 5.66. The van der Waals surface area contributed by atoms with E-state index in [0.29, 0.717) is 12.3 Å². The highest BCUT2D eigenvalue weighted by atomic mass is 79.9. The highest BCUT2D eigenvalue weighted by molar-refractivity contribution is 9.10. The number of para-hydroxylation sites is 1. The Kier molecular flexibility index (Phi) is 6.23. The van der Waals surface area contributed by atoms with E-state index in [4.69, 9.17) is 9.47 Å². The minimum atomic E-state index is -0.182. The molecule has 23 heavy (non-hydrogen) atoms. The van der Waals surface area contributed by atoms with Crippen LogP contribution in [-0.4, -0.2) is 20.1 Å². The number of halogens is 1. The summed E-state index contributed by atoms with van der Waals surface area (Å²) < 4.78 is 11.5. The fraction of sp³-hybridized carbons (Fsp3) is 0.167. The number of carbonyl (C=O) groups excluding carboxylic acids is 1. The molecule has 0 saturated heterocycles. The summed E-state index contributed by atoms with van der Waals surface area (Å²) in [5.41, 5.74) is 1.76. The van der Waals surface area contributed by atoms with Gasteiger partial charge < -0.3 is 14.8 Å². The average Bonchev–Trinajstić information content (AvgIpc) is 2.58. The van der Waals surface area contributed by atoms with Gasteiger partial charge in [-0.1, -0.05) is 34.1 Å². The number of rotatable bonds is 6. The molecule has 2 rings (SSSR count). The lowest BCUT2D eigenvalue weighted by Gasteiger charge is -2.08. The molecule has 0 bridgehead atoms. The van der Waals surface area contributed by atoms with E-state index in [2.05, 4.69) is 21.2 Å². The lowest BCUT2D eigenvalue weighted by atomic mass is 10.2. The van der Waals surface area contributed by atoms with Crippen molar-refractivity contribution in [3.8, 4) is 11.5 Å². The maximum atomic E-state index is 12.0. The second-order valence-electron chi connectivity index (χ2n) is 4.75. The van der Waals surface area contributed by atoms with E-state index in [1.165, 1.54) is 6.08 Å². The maximum Gasteiger partial charge on any atom is 0.244 e. The van der Waals surface area contributed by atoms with E-state index in [-0.39, 0.29) is 5.91 Å². The first kappa shape index (κ1) is 17.1. The second kappa shape index (κ2) is 8.39. The van der Waals surface area contributed by atoms with Crippen molar-refractivity contribution in [2.75, 3.05) is 14.2 Å². The Balaban J connectivity index is 2.01. The third-order valence-corrected chi connectivity index (χ3v) is 3.74. The fourth-order valence-corrected chi connectivity index (χ4v) is 2.47. The fourth-order valence-electron chi connectivity index (χ4n) is 2.09. The molecule has 2 aromatic carbocycles. The first-order chi connectivity index (χ1) is 11.1. The number of carbonyl (C=O) groups is 1. The predicted octanol–water partition coefficient (Wildman–Crippen LogP) is 3.80. The molecule has 2 aromatic rings. The van der Waals surface area contributed by atoms with E-state index in [1.807, 2.05) is 42.5 Å². The normalized spacial score (nSPS) is 10.6. The van der Waals surface area contributed by atoms with Gasteiger partial charge in [0.2, 0.25) is 5.91 Å². The van der Waals surface area contributed by atoms with Gasteiger partial charge in [-0.15, -0.1) is 0 Å². The highest BCUT2D eigenvalue weighted by Gasteiger charge is 2.04. The van der Waals surface area contributed by atoms with Gasteiger partial charge in [-0.05, 0) is 30.3 Å². The predicted molar refractivity (Wildman–Crippen MR) is 94.6 cm³/mol. The van der Waals surface area contributed by atoms with Crippen LogP contribution in [0.25, 0.3) is 6.08 Å². The zero-order valence-corrected chi connectivity index (χ0v) is 14.6. The zero-order chi connectivity index (χ0) is 16.7. The van der Waals surface area contributed by atoms with Crippen molar-refractivity contribution in [3.63, 3.8) is 0 Å². The molecule has 0 aromatic heterocycles. The van der Waals surface area contributed by atoms with Gasteiger partial charge in [0.15, 0.2) is 0 Å². The van der Waals surface area contributed by atoms with Gasteiger partial charge in [-0.2, -0.15) is 0 Å². The summed E-state index contributed by atoms with van der Waals surface area (Å²) in [7, 11) is 3.21. The molecule has 0 unspecified atom stereocenters. The van der Waals surface area contributed by atoms with Gasteiger partial charge in [0.05, 0.1) is 14.2 Å². The third kappa shape index (κ3) is 4.86. The molecule has 1 N–H and O–H groups in total. The summed E-state index contributed by atoms with van der Waals surface area (Å²) in [5.74, 6) is 1.28. The summed E-state index contributed by atoms with van der Waals surface area (Å²) in [4.78, 5) is 12.0. The quantitative estimate of drug-likeness (QED) is 0.781. The van der Waals surface area contributed by atoms with Crippen molar-refractivity contribution in [1.29, 1.82) is 0 Å². The van der Waals surface area contributed by atoms with Crippen molar-refractivity contribution in [2.45, 2.75) is 6.54 Å². The highest BCUT2D eigenvalue weighted by Crippen LogP contribution is 2.24. The first-order valence-electron chi connectivity index (χ1n) is 7.05. The molecular formula is C18H18BrNO3. The molecule has 0 radical (unpaired) electrons. The van der Waals surface area contributed by atoms with Crippen LogP contribution < -0.4 is 14.8 Å². The van der Waals surface area contributed by atoms with Gasteiger partial charge in [0.25, 0.3) is 0 Å². The monoisotopic (exact) mass is 375 g/mol. The smallest absolute Gasteiger partial charge is 0.244 e. The first-order valence-corrected chi connectivity index (χ1v) is 7.84. The minimum absolute atomic E-state index is 0.182. The molecule has 0 spiro atoms. The van der Waals surface area contributed by atoms with Crippen LogP contribution in [0, 0.1) is 0 Å². The third-order valence-electron chi connectivity index (χ3n) is 3.25. The summed E-state index contributed by atoms with van der Waals surface area (Å²) in [6.07, 6.45) is 3.21. The molecule has 5 heteroatoms. The van der Waals surface area contributed by atoms with Crippen molar-refractivity contribution >= 4 is 27.9 Å². The van der Waals surface area contributed by atoms with Gasteiger partial charge in [0.1, 0.15) is 11.5 Å². The van der Waals surface area contributed by atoms with Crippen LogP contribution in [0.1, 0.15) is 11.1 Å². The van der Waals surface area contributed by atoms with Gasteiger partial charge in [-0.3, -0.25) is 4.79 Å². The lowest BCUT2D eigenvalue weighted by molar-refractivity contribution is -0.116. The van der Waals surface area contributed by atoms with Crippen LogP contribution in [-0.2, 0) is 11.3 Å². The van der Waals surface area contributed by atoms with E-state index in [9.17, 15) is 4.79 Å². The molecule has 120 valence electrons. The largest absolute Gasteiger partial charge is 0.496 e. The van der Waals surface area contributed by atoms with Gasteiger partial charge in [0, 0.05) is 28.2 Å². The van der Waals surface area contributed by atoms with Crippen LogP contribution >= 0.6 is 15.9 Å². The number of amides is 1. The number of hydrogen-bond donors (Lipinski definition) is 1. The molecule has 0 saturated carbocycles. The zero-order valence-electron chi connectivity index (χ0n) is 13.0. The lowest BCUT2D eigenvalue weighted by Crippen LogP contribution is -2.20. The number of benzene rings is 2. The van der Waals surface area contributed by atoms with Crippen LogP contribution in [0.5, 0.6) is 11.5 Å². The van der Waals surface area contributed by atoms with Crippen molar-refractivity contribution in [2.24, 2.45) is 0 Å². The molecule has 0 heterocycles. The number of nitrogens with one attached hydrogen (secondary N) is 1. The summed E-state index contributed by atoms with van der Waals surface area (Å²) in [5, 5.41) is 2.84. The molecule has 1 amide bonds. The Morgan fingerprint density at radius 3 is 2.61 bits per heavy atom. The Hall–Kier alpha value is -2.27. The van der Waals surface area contributed by atoms with Gasteiger partial charge >= 0.3 is 0 Å². The van der Waals surface area contributed by atoms with Crippen LogP contribution in [0.3, 0.4) is 0 Å². The minimum Gasteiger partial charge on any atom is -0.496 e.